The molecule has 2 nitrogen and oxygen atoms in total. The highest BCUT2D eigenvalue weighted by molar-refractivity contribution is 9.10. The van der Waals surface area contributed by atoms with Gasteiger partial charge in [0.2, 0.25) is 0 Å². The van der Waals surface area contributed by atoms with Gasteiger partial charge in [0.15, 0.2) is 0 Å². The van der Waals surface area contributed by atoms with E-state index in [0.717, 1.165) is 13.2 Å². The average Bonchev–Trinajstić information content (AvgIpc) is 2.78. The Balaban J connectivity index is 1.63. The number of nitrogens with one attached hydrogen (secondary N) is 1. The molecule has 0 bridgehead atoms. The van der Waals surface area contributed by atoms with Gasteiger partial charge in [0.25, 0.3) is 0 Å². The lowest BCUT2D eigenvalue weighted by molar-refractivity contribution is -0.0451. The molecule has 2 fully saturated rings. The van der Waals surface area contributed by atoms with E-state index in [9.17, 15) is 0 Å². The zero-order valence-electron chi connectivity index (χ0n) is 9.88. The second-order valence-corrected chi connectivity index (χ2v) is 7.05. The maximum absolute atomic E-state index is 6.10. The van der Waals surface area contributed by atoms with Gasteiger partial charge in [-0.25, -0.2) is 0 Å². The number of halogens is 1. The van der Waals surface area contributed by atoms with Crippen molar-refractivity contribution in [3.8, 4) is 0 Å². The lowest BCUT2D eigenvalue weighted by atomic mass is 9.81. The Hall–Kier alpha value is 0.1000. The Morgan fingerprint density at radius 1 is 1.35 bits per heavy atom. The number of hydrogen-bond donors (Lipinski definition) is 1. The SMILES string of the molecule is Brc1csc(C2CNC3(CCCCC3)CO2)c1. The molecule has 94 valence electrons. The molecule has 3 rings (SSSR count). The summed E-state index contributed by atoms with van der Waals surface area (Å²) in [6, 6.07) is 2.18. The fourth-order valence-corrected chi connectivity index (χ4v) is 4.40. The molecular weight excluding hydrogens is 298 g/mol. The van der Waals surface area contributed by atoms with Crippen molar-refractivity contribution in [3.63, 3.8) is 0 Å². The van der Waals surface area contributed by atoms with Crippen LogP contribution in [-0.2, 0) is 4.74 Å². The summed E-state index contributed by atoms with van der Waals surface area (Å²) in [5.41, 5.74) is 0.295. The van der Waals surface area contributed by atoms with Crippen molar-refractivity contribution in [1.29, 1.82) is 0 Å². The summed E-state index contributed by atoms with van der Waals surface area (Å²) in [5.74, 6) is 0. The van der Waals surface area contributed by atoms with Gasteiger partial charge in [0.1, 0.15) is 6.10 Å². The van der Waals surface area contributed by atoms with E-state index in [1.165, 1.54) is 41.5 Å². The Morgan fingerprint density at radius 3 is 2.76 bits per heavy atom. The number of hydrogen-bond acceptors (Lipinski definition) is 3. The van der Waals surface area contributed by atoms with Crippen LogP contribution in [0.3, 0.4) is 0 Å². The third-order valence-corrected chi connectivity index (χ3v) is 5.72. The molecule has 1 aliphatic heterocycles. The van der Waals surface area contributed by atoms with Crippen LogP contribution in [-0.4, -0.2) is 18.7 Å². The summed E-state index contributed by atoms with van der Waals surface area (Å²) in [5, 5.41) is 5.89. The highest BCUT2D eigenvalue weighted by Gasteiger charge is 2.37. The molecule has 1 unspecified atom stereocenters. The van der Waals surface area contributed by atoms with Gasteiger partial charge >= 0.3 is 0 Å². The minimum atomic E-state index is 0.249. The number of ether oxygens (including phenoxy) is 1. The molecule has 1 aliphatic carbocycles. The predicted molar refractivity (Wildman–Crippen MR) is 74.5 cm³/mol. The molecule has 1 saturated carbocycles. The summed E-state index contributed by atoms with van der Waals surface area (Å²) in [7, 11) is 0. The molecule has 1 aromatic rings. The largest absolute Gasteiger partial charge is 0.369 e. The van der Waals surface area contributed by atoms with E-state index in [4.69, 9.17) is 4.74 Å². The number of thiophene rings is 1. The third-order valence-electron chi connectivity index (χ3n) is 3.94. The number of rotatable bonds is 1. The minimum absolute atomic E-state index is 0.249. The predicted octanol–water partition coefficient (Wildman–Crippen LogP) is 3.87. The fourth-order valence-electron chi connectivity index (χ4n) is 2.91. The summed E-state index contributed by atoms with van der Waals surface area (Å²) in [4.78, 5) is 1.33. The van der Waals surface area contributed by atoms with Gasteiger partial charge in [-0.2, -0.15) is 0 Å². The quantitative estimate of drug-likeness (QED) is 0.849. The molecular formula is C13H18BrNOS. The van der Waals surface area contributed by atoms with Crippen LogP contribution in [0.25, 0.3) is 0 Å². The lowest BCUT2D eigenvalue weighted by Crippen LogP contribution is -2.55. The van der Waals surface area contributed by atoms with E-state index in [-0.39, 0.29) is 6.10 Å². The molecule has 2 aliphatic rings. The van der Waals surface area contributed by atoms with Gasteiger partial charge in [-0.3, -0.25) is 0 Å². The van der Waals surface area contributed by atoms with Crippen LogP contribution in [0.15, 0.2) is 15.9 Å². The van der Waals surface area contributed by atoms with Crippen molar-refractivity contribution in [2.24, 2.45) is 0 Å². The molecule has 1 spiro atoms. The number of morpholine rings is 1. The van der Waals surface area contributed by atoms with Crippen LogP contribution in [0.4, 0.5) is 0 Å². The van der Waals surface area contributed by atoms with E-state index in [1.54, 1.807) is 11.3 Å². The summed E-state index contributed by atoms with van der Waals surface area (Å²) < 4.78 is 7.26. The highest BCUT2D eigenvalue weighted by atomic mass is 79.9. The Bertz CT molecular complexity index is 377. The zero-order valence-corrected chi connectivity index (χ0v) is 12.3. The van der Waals surface area contributed by atoms with Crippen LogP contribution in [0.2, 0.25) is 0 Å². The second-order valence-electron chi connectivity index (χ2n) is 5.19. The molecule has 0 aromatic carbocycles. The van der Waals surface area contributed by atoms with Gasteiger partial charge in [0.05, 0.1) is 6.61 Å². The maximum atomic E-state index is 6.10. The van der Waals surface area contributed by atoms with E-state index in [2.05, 4.69) is 32.7 Å². The molecule has 1 saturated heterocycles. The van der Waals surface area contributed by atoms with Gasteiger partial charge in [-0.05, 0) is 34.8 Å². The van der Waals surface area contributed by atoms with Crippen molar-refractivity contribution in [3.05, 3.63) is 20.8 Å². The molecule has 1 N–H and O–H groups in total. The van der Waals surface area contributed by atoms with E-state index >= 15 is 0 Å². The van der Waals surface area contributed by atoms with Crippen molar-refractivity contribution in [1.82, 2.24) is 5.32 Å². The monoisotopic (exact) mass is 315 g/mol. The third kappa shape index (κ3) is 2.60. The molecule has 0 radical (unpaired) electrons. The normalized spacial score (nSPS) is 28.4. The van der Waals surface area contributed by atoms with Crippen molar-refractivity contribution in [2.45, 2.75) is 43.7 Å². The first-order chi connectivity index (χ1) is 8.27. The summed E-state index contributed by atoms with van der Waals surface area (Å²) >= 11 is 5.28. The fraction of sp³-hybridized carbons (Fsp3) is 0.692. The Kier molecular flexibility index (Phi) is 3.57. The summed E-state index contributed by atoms with van der Waals surface area (Å²) in [6.07, 6.45) is 6.92. The molecule has 4 heteroatoms. The molecule has 2 heterocycles. The van der Waals surface area contributed by atoms with Crippen molar-refractivity contribution >= 4 is 27.3 Å². The minimum Gasteiger partial charge on any atom is -0.369 e. The van der Waals surface area contributed by atoms with Crippen LogP contribution in [0.5, 0.6) is 0 Å². The highest BCUT2D eigenvalue weighted by Crippen LogP contribution is 2.35. The van der Waals surface area contributed by atoms with Crippen molar-refractivity contribution in [2.75, 3.05) is 13.2 Å². The van der Waals surface area contributed by atoms with Gasteiger partial charge in [0, 0.05) is 26.8 Å². The smallest absolute Gasteiger partial charge is 0.104 e. The Morgan fingerprint density at radius 2 is 2.18 bits per heavy atom. The first-order valence-electron chi connectivity index (χ1n) is 6.38. The molecule has 17 heavy (non-hydrogen) atoms. The van der Waals surface area contributed by atoms with Gasteiger partial charge < -0.3 is 10.1 Å². The molecule has 0 amide bonds. The van der Waals surface area contributed by atoms with Crippen LogP contribution >= 0.6 is 27.3 Å². The van der Waals surface area contributed by atoms with Crippen LogP contribution < -0.4 is 5.32 Å². The molecule has 1 atom stereocenters. The maximum Gasteiger partial charge on any atom is 0.104 e. The van der Waals surface area contributed by atoms with Crippen LogP contribution in [0.1, 0.15) is 43.1 Å². The first-order valence-corrected chi connectivity index (χ1v) is 8.05. The Labute approximate surface area is 115 Å². The van der Waals surface area contributed by atoms with E-state index < -0.39 is 0 Å². The second kappa shape index (κ2) is 5.00. The standard InChI is InChI=1S/C13H18BrNOS/c14-10-6-12(17-8-10)11-7-15-13(9-16-11)4-2-1-3-5-13/h6,8,11,15H,1-5,7,9H2. The topological polar surface area (TPSA) is 21.3 Å². The average molecular weight is 316 g/mol. The summed E-state index contributed by atoms with van der Waals surface area (Å²) in [6.45, 7) is 1.85. The van der Waals surface area contributed by atoms with Gasteiger partial charge in [-0.15, -0.1) is 11.3 Å². The first kappa shape index (κ1) is 12.2. The van der Waals surface area contributed by atoms with Gasteiger partial charge in [-0.1, -0.05) is 19.3 Å². The van der Waals surface area contributed by atoms with E-state index in [1.807, 2.05) is 0 Å². The van der Waals surface area contributed by atoms with Crippen LogP contribution in [0, 0.1) is 0 Å². The molecule has 1 aromatic heterocycles. The van der Waals surface area contributed by atoms with E-state index in [0.29, 0.717) is 5.54 Å². The van der Waals surface area contributed by atoms with Crippen molar-refractivity contribution < 1.29 is 4.74 Å². The zero-order chi connectivity index (χ0) is 11.7. The lowest BCUT2D eigenvalue weighted by Gasteiger charge is -2.43.